The molecule has 0 aromatic heterocycles. The molecule has 0 spiro atoms. The summed E-state index contributed by atoms with van der Waals surface area (Å²) < 4.78 is 5.47. The van der Waals surface area contributed by atoms with E-state index in [0.29, 0.717) is 6.04 Å². The van der Waals surface area contributed by atoms with Gasteiger partial charge in [0.2, 0.25) is 0 Å². The van der Waals surface area contributed by atoms with Crippen molar-refractivity contribution in [3.63, 3.8) is 0 Å². The first kappa shape index (κ1) is 9.22. The average Bonchev–Trinajstić information content (AvgIpc) is 2.19. The number of rotatable bonds is 0. The first-order valence-electron chi connectivity index (χ1n) is 5.39. The van der Waals surface area contributed by atoms with Crippen LogP contribution in [0, 0.1) is 0 Å². The zero-order valence-corrected chi connectivity index (χ0v) is 8.22. The fraction of sp³-hybridized carbons (Fsp3) is 0.818. The second-order valence-corrected chi connectivity index (χ2v) is 4.22. The van der Waals surface area contributed by atoms with E-state index < -0.39 is 0 Å². The molecule has 1 saturated heterocycles. The van der Waals surface area contributed by atoms with Gasteiger partial charge in [-0.25, -0.2) is 0 Å². The highest BCUT2D eigenvalue weighted by atomic mass is 16.5. The van der Waals surface area contributed by atoms with Gasteiger partial charge in [-0.2, -0.15) is 0 Å². The maximum atomic E-state index is 5.96. The molecule has 1 aliphatic carbocycles. The smallest absolute Gasteiger partial charge is 0.0679 e. The van der Waals surface area contributed by atoms with Crippen LogP contribution in [0.25, 0.3) is 0 Å². The summed E-state index contributed by atoms with van der Waals surface area (Å²) in [6.45, 7) is 1.82. The van der Waals surface area contributed by atoms with Gasteiger partial charge in [-0.3, -0.25) is 0 Å². The monoisotopic (exact) mass is 181 g/mol. The summed E-state index contributed by atoms with van der Waals surface area (Å²) in [5.41, 5.74) is 9.12. The van der Waals surface area contributed by atoms with Crippen LogP contribution in [0.15, 0.2) is 11.1 Å². The quantitative estimate of drug-likeness (QED) is 0.580. The van der Waals surface area contributed by atoms with Crippen LogP contribution in [0.1, 0.15) is 38.5 Å². The van der Waals surface area contributed by atoms with Crippen molar-refractivity contribution in [2.45, 2.75) is 44.6 Å². The first-order valence-corrected chi connectivity index (χ1v) is 5.39. The molecule has 1 unspecified atom stereocenters. The van der Waals surface area contributed by atoms with Gasteiger partial charge in [0.25, 0.3) is 0 Å². The number of hydrogen-bond acceptors (Lipinski definition) is 2. The molecule has 0 amide bonds. The van der Waals surface area contributed by atoms with E-state index >= 15 is 0 Å². The molecule has 2 rings (SSSR count). The Labute approximate surface area is 80.1 Å². The standard InChI is InChI=1S/C11H19NO/c12-11-5-1-3-9(7-11)10-4-2-6-13-8-10/h11H,1-8,12H2. The second kappa shape index (κ2) is 4.25. The molecular formula is C11H19NO. The van der Waals surface area contributed by atoms with Crippen LogP contribution in [-0.4, -0.2) is 19.3 Å². The van der Waals surface area contributed by atoms with Gasteiger partial charge in [0.1, 0.15) is 0 Å². The minimum Gasteiger partial charge on any atom is -0.377 e. The maximum absolute atomic E-state index is 5.96. The largest absolute Gasteiger partial charge is 0.377 e. The predicted molar refractivity (Wildman–Crippen MR) is 53.5 cm³/mol. The van der Waals surface area contributed by atoms with Crippen molar-refractivity contribution in [3.8, 4) is 0 Å². The van der Waals surface area contributed by atoms with Gasteiger partial charge in [0.15, 0.2) is 0 Å². The Morgan fingerprint density at radius 3 is 2.69 bits per heavy atom. The lowest BCUT2D eigenvalue weighted by molar-refractivity contribution is 0.128. The van der Waals surface area contributed by atoms with Gasteiger partial charge in [-0.15, -0.1) is 0 Å². The Hall–Kier alpha value is -0.340. The summed E-state index contributed by atoms with van der Waals surface area (Å²) >= 11 is 0. The highest BCUT2D eigenvalue weighted by Crippen LogP contribution is 2.28. The van der Waals surface area contributed by atoms with Crippen LogP contribution in [0.4, 0.5) is 0 Å². The molecule has 1 heterocycles. The van der Waals surface area contributed by atoms with Crippen LogP contribution in [0.5, 0.6) is 0 Å². The van der Waals surface area contributed by atoms with Crippen molar-refractivity contribution in [2.75, 3.05) is 13.2 Å². The van der Waals surface area contributed by atoms with Crippen molar-refractivity contribution < 1.29 is 4.74 Å². The molecule has 1 atom stereocenters. The van der Waals surface area contributed by atoms with Crippen molar-refractivity contribution in [1.29, 1.82) is 0 Å². The topological polar surface area (TPSA) is 35.2 Å². The molecule has 0 radical (unpaired) electrons. The minimum atomic E-state index is 0.415. The van der Waals surface area contributed by atoms with E-state index in [-0.39, 0.29) is 0 Å². The summed E-state index contributed by atoms with van der Waals surface area (Å²) in [6, 6.07) is 0.415. The first-order chi connectivity index (χ1) is 6.36. The van der Waals surface area contributed by atoms with Crippen LogP contribution in [0.3, 0.4) is 0 Å². The van der Waals surface area contributed by atoms with Crippen LogP contribution < -0.4 is 5.73 Å². The molecule has 0 aromatic rings. The molecule has 74 valence electrons. The Balaban J connectivity index is 2.02. The number of hydrogen-bond donors (Lipinski definition) is 1. The van der Waals surface area contributed by atoms with E-state index in [4.69, 9.17) is 10.5 Å². The van der Waals surface area contributed by atoms with Gasteiger partial charge in [-0.05, 0) is 44.1 Å². The fourth-order valence-corrected chi connectivity index (χ4v) is 2.35. The summed E-state index contributed by atoms with van der Waals surface area (Å²) in [6.07, 6.45) is 7.33. The summed E-state index contributed by atoms with van der Waals surface area (Å²) in [5.74, 6) is 0. The van der Waals surface area contributed by atoms with Crippen LogP contribution in [-0.2, 0) is 4.74 Å². The Morgan fingerprint density at radius 2 is 2.00 bits per heavy atom. The van der Waals surface area contributed by atoms with Crippen molar-refractivity contribution in [2.24, 2.45) is 5.73 Å². The molecule has 1 saturated carbocycles. The third-order valence-electron chi connectivity index (χ3n) is 3.11. The van der Waals surface area contributed by atoms with E-state index in [1.165, 1.54) is 32.1 Å². The molecule has 2 fully saturated rings. The Bertz CT molecular complexity index is 202. The lowest BCUT2D eigenvalue weighted by Crippen LogP contribution is -2.25. The van der Waals surface area contributed by atoms with Crippen molar-refractivity contribution in [1.82, 2.24) is 0 Å². The normalized spacial score (nSPS) is 36.2. The van der Waals surface area contributed by atoms with Gasteiger partial charge in [0, 0.05) is 12.6 Å². The van der Waals surface area contributed by atoms with E-state index in [0.717, 1.165) is 19.6 Å². The SMILES string of the molecule is NC1CCCC(=C2CCCOC2)C1. The van der Waals surface area contributed by atoms with Gasteiger partial charge in [0.05, 0.1) is 6.61 Å². The number of nitrogens with two attached hydrogens (primary N) is 1. The number of ether oxygens (including phenoxy) is 1. The molecule has 2 nitrogen and oxygen atoms in total. The highest BCUT2D eigenvalue weighted by Gasteiger charge is 2.17. The third kappa shape index (κ3) is 2.32. The lowest BCUT2D eigenvalue weighted by atomic mass is 9.86. The molecule has 13 heavy (non-hydrogen) atoms. The van der Waals surface area contributed by atoms with E-state index in [1.807, 2.05) is 0 Å². The average molecular weight is 181 g/mol. The second-order valence-electron chi connectivity index (χ2n) is 4.22. The van der Waals surface area contributed by atoms with Crippen molar-refractivity contribution >= 4 is 0 Å². The molecule has 2 heteroatoms. The summed E-state index contributed by atoms with van der Waals surface area (Å²) in [4.78, 5) is 0. The fourth-order valence-electron chi connectivity index (χ4n) is 2.35. The van der Waals surface area contributed by atoms with E-state index in [1.54, 1.807) is 11.1 Å². The predicted octanol–water partition coefficient (Wildman–Crippen LogP) is 1.99. The van der Waals surface area contributed by atoms with E-state index in [9.17, 15) is 0 Å². The highest BCUT2D eigenvalue weighted by molar-refractivity contribution is 5.18. The minimum absolute atomic E-state index is 0.415. The van der Waals surface area contributed by atoms with E-state index in [2.05, 4.69) is 0 Å². The Kier molecular flexibility index (Phi) is 3.01. The van der Waals surface area contributed by atoms with Gasteiger partial charge < -0.3 is 10.5 Å². The van der Waals surface area contributed by atoms with Gasteiger partial charge >= 0.3 is 0 Å². The molecule has 2 aliphatic rings. The molecule has 2 N–H and O–H groups in total. The third-order valence-corrected chi connectivity index (χ3v) is 3.11. The summed E-state index contributed by atoms with van der Waals surface area (Å²) in [7, 11) is 0. The van der Waals surface area contributed by atoms with Crippen LogP contribution in [0.2, 0.25) is 0 Å². The molecule has 0 aromatic carbocycles. The van der Waals surface area contributed by atoms with Crippen molar-refractivity contribution in [3.05, 3.63) is 11.1 Å². The zero-order chi connectivity index (χ0) is 9.10. The van der Waals surface area contributed by atoms with Crippen LogP contribution >= 0.6 is 0 Å². The lowest BCUT2D eigenvalue weighted by Gasteiger charge is -2.26. The zero-order valence-electron chi connectivity index (χ0n) is 8.22. The maximum Gasteiger partial charge on any atom is 0.0679 e. The molecule has 0 bridgehead atoms. The molecule has 1 aliphatic heterocycles. The summed E-state index contributed by atoms with van der Waals surface area (Å²) in [5, 5.41) is 0. The Morgan fingerprint density at radius 1 is 1.15 bits per heavy atom. The van der Waals surface area contributed by atoms with Gasteiger partial charge in [-0.1, -0.05) is 5.57 Å². The molecular weight excluding hydrogens is 162 g/mol.